The van der Waals surface area contributed by atoms with Crippen molar-refractivity contribution >= 4 is 17.6 Å². The lowest BCUT2D eigenvalue weighted by Crippen LogP contribution is -2.38. The zero-order valence-electron chi connectivity index (χ0n) is 16.4. The third kappa shape index (κ3) is 4.06. The van der Waals surface area contributed by atoms with Crippen LogP contribution < -0.4 is 4.90 Å². The quantitative estimate of drug-likeness (QED) is 0.606. The third-order valence-electron chi connectivity index (χ3n) is 5.25. The van der Waals surface area contributed by atoms with E-state index in [1.807, 2.05) is 67.6 Å². The second-order valence-corrected chi connectivity index (χ2v) is 7.27. The minimum Gasteiger partial charge on any atom is -0.452 e. The van der Waals surface area contributed by atoms with E-state index >= 15 is 0 Å². The molecule has 4 nitrogen and oxygen atoms in total. The number of anilines is 1. The van der Waals surface area contributed by atoms with Gasteiger partial charge in [-0.05, 0) is 48.6 Å². The van der Waals surface area contributed by atoms with Gasteiger partial charge in [0, 0.05) is 12.2 Å². The van der Waals surface area contributed by atoms with Crippen molar-refractivity contribution in [3.05, 3.63) is 89.5 Å². The Morgan fingerprint density at radius 2 is 1.66 bits per heavy atom. The number of hydrogen-bond acceptors (Lipinski definition) is 3. The molecule has 4 heteroatoms. The summed E-state index contributed by atoms with van der Waals surface area (Å²) in [6, 6.07) is 23.2. The normalized spacial score (nSPS) is 12.9. The number of hydrogen-bond donors (Lipinski definition) is 0. The zero-order chi connectivity index (χ0) is 20.2. The summed E-state index contributed by atoms with van der Waals surface area (Å²) in [5.41, 5.74) is 5.43. The zero-order valence-corrected chi connectivity index (χ0v) is 16.4. The lowest BCUT2D eigenvalue weighted by molar-refractivity contribution is -0.121. The van der Waals surface area contributed by atoms with Crippen molar-refractivity contribution < 1.29 is 14.3 Å². The fraction of sp³-hybridized carbons (Fsp3) is 0.200. The molecular weight excluding hydrogens is 362 g/mol. The number of benzene rings is 3. The highest BCUT2D eigenvalue weighted by atomic mass is 16.5. The van der Waals surface area contributed by atoms with Crippen molar-refractivity contribution in [3.8, 4) is 11.1 Å². The molecule has 29 heavy (non-hydrogen) atoms. The van der Waals surface area contributed by atoms with E-state index < -0.39 is 5.97 Å². The summed E-state index contributed by atoms with van der Waals surface area (Å²) in [5, 5.41) is 0. The Kier molecular flexibility index (Phi) is 5.43. The summed E-state index contributed by atoms with van der Waals surface area (Å²) in [6.07, 6.45) is 1.87. The fourth-order valence-electron chi connectivity index (χ4n) is 3.72. The van der Waals surface area contributed by atoms with Gasteiger partial charge in [-0.1, -0.05) is 66.2 Å². The number of ether oxygens (including phenoxy) is 1. The molecule has 0 aliphatic carbocycles. The van der Waals surface area contributed by atoms with E-state index in [1.54, 1.807) is 17.0 Å². The van der Waals surface area contributed by atoms with Gasteiger partial charge in [0.15, 0.2) is 6.61 Å². The summed E-state index contributed by atoms with van der Waals surface area (Å²) >= 11 is 0. The van der Waals surface area contributed by atoms with Crippen molar-refractivity contribution in [1.29, 1.82) is 0 Å². The van der Waals surface area contributed by atoms with Crippen molar-refractivity contribution in [3.63, 3.8) is 0 Å². The molecular formula is C25H23NO3. The highest BCUT2D eigenvalue weighted by Crippen LogP contribution is 2.27. The Labute approximate surface area is 170 Å². The Bertz CT molecular complexity index is 1040. The van der Waals surface area contributed by atoms with E-state index in [2.05, 4.69) is 0 Å². The molecule has 1 amide bonds. The van der Waals surface area contributed by atoms with Gasteiger partial charge >= 0.3 is 5.97 Å². The van der Waals surface area contributed by atoms with Crippen molar-refractivity contribution in [2.45, 2.75) is 19.8 Å². The van der Waals surface area contributed by atoms with Crippen molar-refractivity contribution in [2.75, 3.05) is 18.1 Å². The Morgan fingerprint density at radius 3 is 2.48 bits per heavy atom. The van der Waals surface area contributed by atoms with Crippen LogP contribution in [0.5, 0.6) is 0 Å². The molecule has 0 saturated heterocycles. The third-order valence-corrected chi connectivity index (χ3v) is 5.25. The van der Waals surface area contributed by atoms with Crippen LogP contribution in [0.1, 0.15) is 27.9 Å². The Hall–Kier alpha value is -3.40. The molecule has 0 N–H and O–H groups in total. The molecule has 1 heterocycles. The molecule has 0 radical (unpaired) electrons. The number of para-hydroxylation sites is 1. The number of rotatable bonds is 4. The van der Waals surface area contributed by atoms with Crippen molar-refractivity contribution in [1.82, 2.24) is 0 Å². The van der Waals surface area contributed by atoms with Crippen LogP contribution in [-0.4, -0.2) is 25.0 Å². The van der Waals surface area contributed by atoms with Gasteiger partial charge in [0.05, 0.1) is 5.56 Å². The summed E-state index contributed by atoms with van der Waals surface area (Å²) in [4.78, 5) is 27.2. The predicted molar refractivity (Wildman–Crippen MR) is 114 cm³/mol. The molecule has 0 bridgehead atoms. The van der Waals surface area contributed by atoms with Crippen LogP contribution in [0.25, 0.3) is 11.1 Å². The van der Waals surface area contributed by atoms with Gasteiger partial charge in [0.1, 0.15) is 0 Å². The van der Waals surface area contributed by atoms with Crippen LogP contribution in [0, 0.1) is 6.92 Å². The molecule has 0 fully saturated rings. The van der Waals surface area contributed by atoms with E-state index in [1.165, 1.54) is 0 Å². The topological polar surface area (TPSA) is 46.6 Å². The number of esters is 1. The van der Waals surface area contributed by atoms with Crippen LogP contribution >= 0.6 is 0 Å². The summed E-state index contributed by atoms with van der Waals surface area (Å²) < 4.78 is 5.41. The fourth-order valence-corrected chi connectivity index (χ4v) is 3.72. The van der Waals surface area contributed by atoms with Gasteiger partial charge in [-0.25, -0.2) is 4.79 Å². The maximum absolute atomic E-state index is 12.7. The van der Waals surface area contributed by atoms with Gasteiger partial charge in [0.25, 0.3) is 5.91 Å². The standard InChI is InChI=1S/C25H23NO3/c1-18-12-14-19(15-13-18)21-9-3-4-10-22(21)25(28)29-17-24(27)26-16-6-8-20-7-2-5-11-23(20)26/h2-5,7,9-15H,6,8,16-17H2,1H3. The number of aryl methyl sites for hydroxylation is 2. The van der Waals surface area contributed by atoms with Crippen LogP contribution in [0.2, 0.25) is 0 Å². The highest BCUT2D eigenvalue weighted by Gasteiger charge is 2.23. The maximum Gasteiger partial charge on any atom is 0.339 e. The number of carbonyl (C=O) groups excluding carboxylic acids is 2. The highest BCUT2D eigenvalue weighted by molar-refractivity contribution is 6.00. The van der Waals surface area contributed by atoms with Gasteiger partial charge in [-0.3, -0.25) is 4.79 Å². The molecule has 1 aliphatic heterocycles. The number of nitrogens with zero attached hydrogens (tertiary/aromatic N) is 1. The van der Waals surface area contributed by atoms with Crippen LogP contribution in [-0.2, 0) is 16.0 Å². The summed E-state index contributed by atoms with van der Waals surface area (Å²) in [7, 11) is 0. The second kappa shape index (κ2) is 8.31. The predicted octanol–water partition coefficient (Wildman–Crippen LogP) is 4.80. The molecule has 146 valence electrons. The molecule has 4 rings (SSSR count). The van der Waals surface area contributed by atoms with Gasteiger partial charge in [-0.2, -0.15) is 0 Å². The Balaban J connectivity index is 1.49. The maximum atomic E-state index is 12.7. The first-order valence-electron chi connectivity index (χ1n) is 9.85. The molecule has 0 unspecified atom stereocenters. The van der Waals surface area contributed by atoms with Gasteiger partial charge in [-0.15, -0.1) is 0 Å². The van der Waals surface area contributed by atoms with Gasteiger partial charge < -0.3 is 9.64 Å². The van der Waals surface area contributed by atoms with Crippen LogP contribution in [0.4, 0.5) is 5.69 Å². The van der Waals surface area contributed by atoms with E-state index in [0.29, 0.717) is 12.1 Å². The van der Waals surface area contributed by atoms with E-state index in [4.69, 9.17) is 4.74 Å². The van der Waals surface area contributed by atoms with E-state index in [9.17, 15) is 9.59 Å². The Morgan fingerprint density at radius 1 is 0.931 bits per heavy atom. The average Bonchev–Trinajstić information content (AvgIpc) is 2.77. The smallest absolute Gasteiger partial charge is 0.339 e. The summed E-state index contributed by atoms with van der Waals surface area (Å²) in [5.74, 6) is -0.682. The van der Waals surface area contributed by atoms with E-state index in [0.717, 1.165) is 40.8 Å². The molecule has 0 spiro atoms. The lowest BCUT2D eigenvalue weighted by atomic mass is 9.99. The second-order valence-electron chi connectivity index (χ2n) is 7.27. The minimum absolute atomic E-state index is 0.196. The largest absolute Gasteiger partial charge is 0.452 e. The lowest BCUT2D eigenvalue weighted by Gasteiger charge is -2.29. The van der Waals surface area contributed by atoms with Crippen LogP contribution in [0.15, 0.2) is 72.8 Å². The first kappa shape index (κ1) is 18.9. The SMILES string of the molecule is Cc1ccc(-c2ccccc2C(=O)OCC(=O)N2CCCc3ccccc32)cc1. The first-order valence-corrected chi connectivity index (χ1v) is 9.85. The molecule has 0 atom stereocenters. The van der Waals surface area contributed by atoms with Crippen LogP contribution in [0.3, 0.4) is 0 Å². The molecule has 1 aliphatic rings. The molecule has 3 aromatic rings. The number of fused-ring (bicyclic) bond motifs is 1. The monoisotopic (exact) mass is 385 g/mol. The molecule has 0 saturated carbocycles. The number of carbonyl (C=O) groups is 2. The summed E-state index contributed by atoms with van der Waals surface area (Å²) in [6.45, 7) is 2.40. The molecule has 3 aromatic carbocycles. The number of amides is 1. The average molecular weight is 385 g/mol. The first-order chi connectivity index (χ1) is 14.1. The minimum atomic E-state index is -0.486. The van der Waals surface area contributed by atoms with E-state index in [-0.39, 0.29) is 12.5 Å². The van der Waals surface area contributed by atoms with Crippen molar-refractivity contribution in [2.24, 2.45) is 0 Å². The molecule has 0 aromatic heterocycles. The van der Waals surface area contributed by atoms with Gasteiger partial charge in [0.2, 0.25) is 0 Å².